The molecule has 86 valence electrons. The lowest BCUT2D eigenvalue weighted by Crippen LogP contribution is -2.08. The van der Waals surface area contributed by atoms with Crippen LogP contribution in [0.1, 0.15) is 24.5 Å². The first kappa shape index (κ1) is 12.2. The van der Waals surface area contributed by atoms with Gasteiger partial charge in [0.2, 0.25) is 0 Å². The molecular weight excluding hydrogens is 192 g/mol. The van der Waals surface area contributed by atoms with Crippen LogP contribution in [0.3, 0.4) is 0 Å². The SMILES string of the molecule is CNCCCc1cnc(CCCOC)o1. The van der Waals surface area contributed by atoms with E-state index in [1.54, 1.807) is 7.11 Å². The van der Waals surface area contributed by atoms with Crippen LogP contribution in [0.15, 0.2) is 10.6 Å². The van der Waals surface area contributed by atoms with Crippen LogP contribution < -0.4 is 5.32 Å². The molecule has 0 amide bonds. The highest BCUT2D eigenvalue weighted by atomic mass is 16.5. The van der Waals surface area contributed by atoms with Gasteiger partial charge < -0.3 is 14.5 Å². The van der Waals surface area contributed by atoms with E-state index in [1.807, 2.05) is 13.2 Å². The average molecular weight is 212 g/mol. The minimum atomic E-state index is 0.761. The van der Waals surface area contributed by atoms with Gasteiger partial charge in [-0.3, -0.25) is 0 Å². The van der Waals surface area contributed by atoms with Crippen molar-refractivity contribution in [1.29, 1.82) is 0 Å². The fraction of sp³-hybridized carbons (Fsp3) is 0.727. The Bertz CT molecular complexity index is 236. The summed E-state index contributed by atoms with van der Waals surface area (Å²) in [6.45, 7) is 1.77. The molecule has 0 saturated heterocycles. The number of methoxy groups -OCH3 is 1. The predicted molar refractivity (Wildman–Crippen MR) is 58.9 cm³/mol. The summed E-state index contributed by atoms with van der Waals surface area (Å²) in [4.78, 5) is 4.22. The van der Waals surface area contributed by atoms with Gasteiger partial charge >= 0.3 is 0 Å². The molecule has 0 aromatic carbocycles. The molecule has 1 N–H and O–H groups in total. The van der Waals surface area contributed by atoms with E-state index in [9.17, 15) is 0 Å². The molecular formula is C11H20N2O2. The molecule has 0 saturated carbocycles. The van der Waals surface area contributed by atoms with Gasteiger partial charge in [0.1, 0.15) is 5.76 Å². The van der Waals surface area contributed by atoms with Crippen LogP contribution >= 0.6 is 0 Å². The summed E-state index contributed by atoms with van der Waals surface area (Å²) in [7, 11) is 3.66. The number of rotatable bonds is 8. The second-order valence-electron chi connectivity index (χ2n) is 3.52. The van der Waals surface area contributed by atoms with Crippen LogP contribution in [0.5, 0.6) is 0 Å². The average Bonchev–Trinajstić information content (AvgIpc) is 2.67. The Labute approximate surface area is 91.0 Å². The van der Waals surface area contributed by atoms with Crippen molar-refractivity contribution in [1.82, 2.24) is 10.3 Å². The lowest BCUT2D eigenvalue weighted by molar-refractivity contribution is 0.192. The largest absolute Gasteiger partial charge is 0.446 e. The summed E-state index contributed by atoms with van der Waals surface area (Å²) in [5.74, 6) is 1.81. The molecule has 0 bridgehead atoms. The normalized spacial score (nSPS) is 10.8. The number of aryl methyl sites for hydroxylation is 2. The third kappa shape index (κ3) is 4.95. The van der Waals surface area contributed by atoms with Gasteiger partial charge in [-0.15, -0.1) is 0 Å². The Hall–Kier alpha value is -0.870. The zero-order chi connectivity index (χ0) is 10.9. The summed E-state index contributed by atoms with van der Waals surface area (Å²) >= 11 is 0. The first-order valence-electron chi connectivity index (χ1n) is 5.44. The van der Waals surface area contributed by atoms with E-state index in [-0.39, 0.29) is 0 Å². The van der Waals surface area contributed by atoms with E-state index in [0.29, 0.717) is 0 Å². The van der Waals surface area contributed by atoms with Crippen LogP contribution in [0.2, 0.25) is 0 Å². The Balaban J connectivity index is 2.23. The van der Waals surface area contributed by atoms with Crippen LogP contribution in [0.25, 0.3) is 0 Å². The summed E-state index contributed by atoms with van der Waals surface area (Å²) < 4.78 is 10.6. The lowest BCUT2D eigenvalue weighted by Gasteiger charge is -1.97. The van der Waals surface area contributed by atoms with Crippen molar-refractivity contribution < 1.29 is 9.15 Å². The molecule has 0 atom stereocenters. The van der Waals surface area contributed by atoms with Gasteiger partial charge in [0.25, 0.3) is 0 Å². The van der Waals surface area contributed by atoms with Crippen LogP contribution in [-0.2, 0) is 17.6 Å². The van der Waals surface area contributed by atoms with Gasteiger partial charge in [-0.2, -0.15) is 0 Å². The Morgan fingerprint density at radius 1 is 1.40 bits per heavy atom. The number of hydrogen-bond donors (Lipinski definition) is 1. The standard InChI is InChI=1S/C11H20N2O2/c1-12-7-3-5-10-9-13-11(15-10)6-4-8-14-2/h9,12H,3-8H2,1-2H3. The Kier molecular flexibility index (Phi) is 6.04. The highest BCUT2D eigenvalue weighted by molar-refractivity contribution is 4.94. The zero-order valence-electron chi connectivity index (χ0n) is 9.58. The molecule has 1 aromatic rings. The maximum atomic E-state index is 5.58. The van der Waals surface area contributed by atoms with E-state index in [0.717, 1.165) is 50.5 Å². The number of aromatic nitrogens is 1. The summed E-state index contributed by atoms with van der Waals surface area (Å²) in [6, 6.07) is 0. The Morgan fingerprint density at radius 2 is 2.27 bits per heavy atom. The van der Waals surface area contributed by atoms with Gasteiger partial charge in [-0.05, 0) is 26.4 Å². The molecule has 1 aromatic heterocycles. The minimum Gasteiger partial charge on any atom is -0.446 e. The van der Waals surface area contributed by atoms with Crippen molar-refractivity contribution in [3.8, 4) is 0 Å². The molecule has 0 aliphatic carbocycles. The first-order chi connectivity index (χ1) is 7.36. The molecule has 0 spiro atoms. The molecule has 0 radical (unpaired) electrons. The van der Waals surface area contributed by atoms with E-state index in [4.69, 9.17) is 9.15 Å². The molecule has 1 heterocycles. The van der Waals surface area contributed by atoms with Crippen molar-refractivity contribution in [2.45, 2.75) is 25.7 Å². The maximum absolute atomic E-state index is 5.58. The van der Waals surface area contributed by atoms with Gasteiger partial charge in [-0.25, -0.2) is 4.98 Å². The minimum absolute atomic E-state index is 0.761. The van der Waals surface area contributed by atoms with Crippen molar-refractivity contribution in [2.75, 3.05) is 27.3 Å². The van der Waals surface area contributed by atoms with Crippen LogP contribution in [0, 0.1) is 0 Å². The quantitative estimate of drug-likeness (QED) is 0.662. The number of nitrogens with one attached hydrogen (secondary N) is 1. The number of hydrogen-bond acceptors (Lipinski definition) is 4. The molecule has 4 heteroatoms. The Morgan fingerprint density at radius 3 is 3.00 bits per heavy atom. The molecule has 15 heavy (non-hydrogen) atoms. The second kappa shape index (κ2) is 7.43. The maximum Gasteiger partial charge on any atom is 0.194 e. The third-order valence-corrected chi connectivity index (χ3v) is 2.19. The van der Waals surface area contributed by atoms with Gasteiger partial charge in [-0.1, -0.05) is 0 Å². The van der Waals surface area contributed by atoms with Crippen molar-refractivity contribution in [2.24, 2.45) is 0 Å². The molecule has 0 aliphatic heterocycles. The van der Waals surface area contributed by atoms with Crippen molar-refractivity contribution in [3.05, 3.63) is 17.8 Å². The molecule has 0 aliphatic rings. The summed E-state index contributed by atoms with van der Waals surface area (Å²) in [6.07, 6.45) is 5.70. The molecule has 0 fully saturated rings. The van der Waals surface area contributed by atoms with E-state index in [2.05, 4.69) is 10.3 Å². The van der Waals surface area contributed by atoms with Gasteiger partial charge in [0.15, 0.2) is 5.89 Å². The number of oxazole rings is 1. The van der Waals surface area contributed by atoms with Gasteiger partial charge in [0, 0.05) is 26.6 Å². The predicted octanol–water partition coefficient (Wildman–Crippen LogP) is 1.41. The fourth-order valence-electron chi connectivity index (χ4n) is 1.39. The van der Waals surface area contributed by atoms with E-state index >= 15 is 0 Å². The van der Waals surface area contributed by atoms with Gasteiger partial charge in [0.05, 0.1) is 6.20 Å². The molecule has 1 rings (SSSR count). The molecule has 4 nitrogen and oxygen atoms in total. The topological polar surface area (TPSA) is 47.3 Å². The smallest absolute Gasteiger partial charge is 0.194 e. The van der Waals surface area contributed by atoms with Crippen LogP contribution in [-0.4, -0.2) is 32.3 Å². The second-order valence-corrected chi connectivity index (χ2v) is 3.52. The fourth-order valence-corrected chi connectivity index (χ4v) is 1.39. The lowest BCUT2D eigenvalue weighted by atomic mass is 10.3. The number of nitrogens with zero attached hydrogens (tertiary/aromatic N) is 1. The molecule has 0 unspecified atom stereocenters. The third-order valence-electron chi connectivity index (χ3n) is 2.19. The first-order valence-corrected chi connectivity index (χ1v) is 5.44. The monoisotopic (exact) mass is 212 g/mol. The highest BCUT2D eigenvalue weighted by Crippen LogP contribution is 2.07. The highest BCUT2D eigenvalue weighted by Gasteiger charge is 2.03. The summed E-state index contributed by atoms with van der Waals surface area (Å²) in [5, 5.41) is 3.11. The summed E-state index contributed by atoms with van der Waals surface area (Å²) in [5.41, 5.74) is 0. The van der Waals surface area contributed by atoms with Crippen LogP contribution in [0.4, 0.5) is 0 Å². The van der Waals surface area contributed by atoms with Crippen molar-refractivity contribution >= 4 is 0 Å². The number of ether oxygens (including phenoxy) is 1. The van der Waals surface area contributed by atoms with Crippen molar-refractivity contribution in [3.63, 3.8) is 0 Å². The van der Waals surface area contributed by atoms with E-state index in [1.165, 1.54) is 0 Å². The zero-order valence-corrected chi connectivity index (χ0v) is 9.58. The van der Waals surface area contributed by atoms with E-state index < -0.39 is 0 Å².